The van der Waals surface area contributed by atoms with E-state index < -0.39 is 0 Å². The molecule has 0 bridgehead atoms. The Labute approximate surface area is 65.6 Å². The minimum atomic E-state index is 0.873. The second-order valence-corrected chi connectivity index (χ2v) is 3.09. The lowest BCUT2D eigenvalue weighted by molar-refractivity contribution is 1.37. The molecule has 0 saturated heterocycles. The molecular formula is C8H11NS. The Hall–Kier alpha value is -0.630. The second-order valence-electron chi connectivity index (χ2n) is 2.25. The van der Waals surface area contributed by atoms with Crippen LogP contribution in [0.25, 0.3) is 0 Å². The summed E-state index contributed by atoms with van der Waals surface area (Å²) in [5, 5.41) is 0. The fraction of sp³-hybridized carbons (Fsp3) is 0.250. The van der Waals surface area contributed by atoms with Crippen molar-refractivity contribution in [3.05, 3.63) is 23.8 Å². The van der Waals surface area contributed by atoms with Gasteiger partial charge in [-0.3, -0.25) is 0 Å². The summed E-state index contributed by atoms with van der Waals surface area (Å²) in [7, 11) is 0. The monoisotopic (exact) mass is 153 g/mol. The van der Waals surface area contributed by atoms with Crippen LogP contribution in [0.3, 0.4) is 0 Å². The fourth-order valence-electron chi connectivity index (χ4n) is 0.818. The predicted molar refractivity (Wildman–Crippen MR) is 47.4 cm³/mol. The highest BCUT2D eigenvalue weighted by Gasteiger charge is 1.94. The smallest absolute Gasteiger partial charge is 0.0452 e. The van der Waals surface area contributed by atoms with E-state index in [1.165, 1.54) is 10.5 Å². The van der Waals surface area contributed by atoms with E-state index in [1.807, 2.05) is 18.4 Å². The van der Waals surface area contributed by atoms with Gasteiger partial charge in [0.05, 0.1) is 0 Å². The molecule has 54 valence electrons. The van der Waals surface area contributed by atoms with Crippen molar-refractivity contribution in [2.45, 2.75) is 11.8 Å². The van der Waals surface area contributed by atoms with Gasteiger partial charge < -0.3 is 5.73 Å². The molecule has 0 aliphatic carbocycles. The number of aryl methyl sites for hydroxylation is 1. The van der Waals surface area contributed by atoms with E-state index in [1.54, 1.807) is 11.8 Å². The Morgan fingerprint density at radius 1 is 1.40 bits per heavy atom. The molecule has 0 aromatic heterocycles. The summed E-state index contributed by atoms with van der Waals surface area (Å²) in [4.78, 5) is 1.17. The van der Waals surface area contributed by atoms with Crippen LogP contribution in [0.1, 0.15) is 5.56 Å². The molecular weight excluding hydrogens is 142 g/mol. The zero-order valence-corrected chi connectivity index (χ0v) is 7.03. The maximum Gasteiger partial charge on any atom is 0.0452 e. The van der Waals surface area contributed by atoms with E-state index in [4.69, 9.17) is 5.73 Å². The van der Waals surface area contributed by atoms with Gasteiger partial charge in [-0.25, -0.2) is 0 Å². The summed E-state index contributed by atoms with van der Waals surface area (Å²) >= 11 is 1.68. The third-order valence-electron chi connectivity index (χ3n) is 1.39. The zero-order chi connectivity index (χ0) is 7.56. The van der Waals surface area contributed by atoms with Gasteiger partial charge in [0.25, 0.3) is 0 Å². The highest BCUT2D eigenvalue weighted by Crippen LogP contribution is 2.22. The molecule has 2 N–H and O–H groups in total. The van der Waals surface area contributed by atoms with Gasteiger partial charge in [0, 0.05) is 10.6 Å². The van der Waals surface area contributed by atoms with E-state index in [-0.39, 0.29) is 0 Å². The normalized spacial score (nSPS) is 9.80. The molecule has 1 aromatic carbocycles. The minimum absolute atomic E-state index is 0.873. The summed E-state index contributed by atoms with van der Waals surface area (Å²) < 4.78 is 0. The third kappa shape index (κ3) is 1.45. The maximum atomic E-state index is 5.68. The van der Waals surface area contributed by atoms with E-state index >= 15 is 0 Å². The Bertz CT molecular complexity index is 233. The van der Waals surface area contributed by atoms with Gasteiger partial charge >= 0.3 is 0 Å². The molecule has 1 aromatic rings. The van der Waals surface area contributed by atoms with Crippen molar-refractivity contribution < 1.29 is 0 Å². The quantitative estimate of drug-likeness (QED) is 0.495. The average molecular weight is 153 g/mol. The van der Waals surface area contributed by atoms with Crippen molar-refractivity contribution in [2.75, 3.05) is 12.0 Å². The summed E-state index contributed by atoms with van der Waals surface area (Å²) in [6.07, 6.45) is 2.03. The molecule has 0 amide bonds. The van der Waals surface area contributed by atoms with Crippen LogP contribution in [0.5, 0.6) is 0 Å². The second kappa shape index (κ2) is 2.97. The zero-order valence-electron chi connectivity index (χ0n) is 6.22. The first-order valence-electron chi connectivity index (χ1n) is 3.14. The summed E-state index contributed by atoms with van der Waals surface area (Å²) in [5.74, 6) is 0. The number of rotatable bonds is 1. The predicted octanol–water partition coefficient (Wildman–Crippen LogP) is 2.30. The Morgan fingerprint density at radius 2 is 2.10 bits per heavy atom. The van der Waals surface area contributed by atoms with Crippen LogP contribution in [-0.2, 0) is 0 Å². The standard InChI is InChI=1S/C8H11NS/c1-6-3-4-7(9)8(5-6)10-2/h3-5H,9H2,1-2H3. The molecule has 0 radical (unpaired) electrons. The molecule has 0 spiro atoms. The first-order valence-corrected chi connectivity index (χ1v) is 4.36. The van der Waals surface area contributed by atoms with Crippen LogP contribution < -0.4 is 5.73 Å². The summed E-state index contributed by atoms with van der Waals surface area (Å²) in [5.41, 5.74) is 7.81. The molecule has 2 heteroatoms. The first kappa shape index (κ1) is 7.48. The Morgan fingerprint density at radius 3 is 2.60 bits per heavy atom. The van der Waals surface area contributed by atoms with Crippen LogP contribution >= 0.6 is 11.8 Å². The van der Waals surface area contributed by atoms with Gasteiger partial charge in [-0.05, 0) is 30.9 Å². The van der Waals surface area contributed by atoms with Gasteiger partial charge in [0.2, 0.25) is 0 Å². The van der Waals surface area contributed by atoms with Gasteiger partial charge in [-0.2, -0.15) is 0 Å². The van der Waals surface area contributed by atoms with Gasteiger partial charge in [-0.15, -0.1) is 11.8 Å². The van der Waals surface area contributed by atoms with Crippen LogP contribution in [0, 0.1) is 6.92 Å². The number of anilines is 1. The number of hydrogen-bond donors (Lipinski definition) is 1. The van der Waals surface area contributed by atoms with Crippen LogP contribution in [-0.4, -0.2) is 6.26 Å². The first-order chi connectivity index (χ1) is 4.74. The Kier molecular flexibility index (Phi) is 2.22. The fourth-order valence-corrected chi connectivity index (χ4v) is 1.43. The molecule has 10 heavy (non-hydrogen) atoms. The van der Waals surface area contributed by atoms with Crippen molar-refractivity contribution in [2.24, 2.45) is 0 Å². The number of benzene rings is 1. The topological polar surface area (TPSA) is 26.0 Å². The molecule has 0 fully saturated rings. The maximum absolute atomic E-state index is 5.68. The van der Waals surface area contributed by atoms with E-state index in [0.717, 1.165) is 5.69 Å². The summed E-state index contributed by atoms with van der Waals surface area (Å²) in [6, 6.07) is 6.07. The van der Waals surface area contributed by atoms with Crippen LogP contribution in [0.2, 0.25) is 0 Å². The lowest BCUT2D eigenvalue weighted by Crippen LogP contribution is -1.87. The third-order valence-corrected chi connectivity index (χ3v) is 2.18. The highest BCUT2D eigenvalue weighted by atomic mass is 32.2. The lowest BCUT2D eigenvalue weighted by Gasteiger charge is -2.01. The average Bonchev–Trinajstić information content (AvgIpc) is 1.94. The molecule has 0 unspecified atom stereocenters. The molecule has 0 aliphatic rings. The van der Waals surface area contributed by atoms with E-state index in [9.17, 15) is 0 Å². The number of hydrogen-bond acceptors (Lipinski definition) is 2. The molecule has 0 atom stereocenters. The molecule has 1 rings (SSSR count). The van der Waals surface area contributed by atoms with Crippen LogP contribution in [0.15, 0.2) is 23.1 Å². The van der Waals surface area contributed by atoms with Crippen molar-refractivity contribution in [3.63, 3.8) is 0 Å². The molecule has 1 nitrogen and oxygen atoms in total. The highest BCUT2D eigenvalue weighted by molar-refractivity contribution is 7.98. The number of nitrogen functional groups attached to an aromatic ring is 1. The van der Waals surface area contributed by atoms with Crippen molar-refractivity contribution >= 4 is 17.4 Å². The van der Waals surface area contributed by atoms with Gasteiger partial charge in [-0.1, -0.05) is 6.07 Å². The number of thioether (sulfide) groups is 1. The molecule has 0 saturated carbocycles. The van der Waals surface area contributed by atoms with Crippen molar-refractivity contribution in [3.8, 4) is 0 Å². The van der Waals surface area contributed by atoms with Gasteiger partial charge in [0.15, 0.2) is 0 Å². The molecule has 0 aliphatic heterocycles. The van der Waals surface area contributed by atoms with Crippen molar-refractivity contribution in [1.29, 1.82) is 0 Å². The Balaban J connectivity index is 3.09. The van der Waals surface area contributed by atoms with E-state index in [0.29, 0.717) is 0 Å². The molecule has 0 heterocycles. The number of nitrogens with two attached hydrogens (primary N) is 1. The largest absolute Gasteiger partial charge is 0.398 e. The SMILES string of the molecule is CSc1cc(C)ccc1N. The summed E-state index contributed by atoms with van der Waals surface area (Å²) in [6.45, 7) is 2.07. The minimum Gasteiger partial charge on any atom is -0.398 e. The van der Waals surface area contributed by atoms with E-state index in [2.05, 4.69) is 13.0 Å². The van der Waals surface area contributed by atoms with Gasteiger partial charge in [0.1, 0.15) is 0 Å². The van der Waals surface area contributed by atoms with Crippen molar-refractivity contribution in [1.82, 2.24) is 0 Å². The lowest BCUT2D eigenvalue weighted by atomic mass is 10.2. The van der Waals surface area contributed by atoms with Crippen LogP contribution in [0.4, 0.5) is 5.69 Å².